The Morgan fingerprint density at radius 3 is 2.26 bits per heavy atom. The highest BCUT2D eigenvalue weighted by atomic mass is 32.2. The Bertz CT molecular complexity index is 1180. The molecule has 1 heterocycles. The van der Waals surface area contributed by atoms with Crippen LogP contribution >= 0.6 is 11.8 Å². The van der Waals surface area contributed by atoms with Crippen molar-refractivity contribution in [3.05, 3.63) is 71.9 Å². The summed E-state index contributed by atoms with van der Waals surface area (Å²) >= 11 is 1.03. The number of halogens is 3. The zero-order valence-electron chi connectivity index (χ0n) is 15.6. The summed E-state index contributed by atoms with van der Waals surface area (Å²) in [5.41, 5.74) is -0.108. The van der Waals surface area contributed by atoms with Crippen LogP contribution in [0.2, 0.25) is 0 Å². The summed E-state index contributed by atoms with van der Waals surface area (Å²) in [7, 11) is -3.79. The topological polar surface area (TPSA) is 115 Å². The number of sulfonamides is 1. The standard InChI is InChI=1S/C19H15F3N4O3S2/c20-19(21,22)13-3-1-12(2-4-13)16(27)11-30-18-24-10-9-17(26-18)25-14-5-7-15(8-6-14)31(23,28)29/h1-10H,11H2,(H2,23,28,29)(H,24,25,26). The van der Waals surface area contributed by atoms with Crippen molar-refractivity contribution in [2.24, 2.45) is 5.14 Å². The Kier molecular flexibility index (Phi) is 6.62. The predicted molar refractivity (Wildman–Crippen MR) is 110 cm³/mol. The van der Waals surface area contributed by atoms with E-state index >= 15 is 0 Å². The lowest BCUT2D eigenvalue weighted by Gasteiger charge is -2.08. The van der Waals surface area contributed by atoms with E-state index in [4.69, 9.17) is 5.14 Å². The van der Waals surface area contributed by atoms with Crippen LogP contribution in [-0.4, -0.2) is 29.9 Å². The summed E-state index contributed by atoms with van der Waals surface area (Å²) in [5.74, 6) is -0.0140. The fourth-order valence-electron chi connectivity index (χ4n) is 2.41. The minimum absolute atomic E-state index is 0.0289. The van der Waals surface area contributed by atoms with E-state index in [1.165, 1.54) is 30.5 Å². The van der Waals surface area contributed by atoms with Gasteiger partial charge in [0.1, 0.15) is 5.82 Å². The monoisotopic (exact) mass is 468 g/mol. The third-order valence-corrected chi connectivity index (χ3v) is 5.75. The summed E-state index contributed by atoms with van der Waals surface area (Å²) in [6.45, 7) is 0. The number of aromatic nitrogens is 2. The maximum atomic E-state index is 12.6. The second-order valence-corrected chi connectivity index (χ2v) is 8.71. The van der Waals surface area contributed by atoms with Crippen LogP contribution in [0.3, 0.4) is 0 Å². The first-order chi connectivity index (χ1) is 14.5. The molecule has 0 saturated carbocycles. The summed E-state index contributed by atoms with van der Waals surface area (Å²) in [5, 5.41) is 8.31. The van der Waals surface area contributed by atoms with Gasteiger partial charge in [0, 0.05) is 17.4 Å². The highest BCUT2D eigenvalue weighted by molar-refractivity contribution is 7.99. The van der Waals surface area contributed by atoms with Crippen LogP contribution in [0, 0.1) is 0 Å². The minimum atomic E-state index is -4.46. The van der Waals surface area contributed by atoms with E-state index < -0.39 is 21.8 Å². The molecule has 3 N–H and O–H groups in total. The van der Waals surface area contributed by atoms with Crippen LogP contribution in [0.5, 0.6) is 0 Å². The molecule has 0 amide bonds. The van der Waals surface area contributed by atoms with Gasteiger partial charge in [0.05, 0.1) is 16.2 Å². The quantitative estimate of drug-likeness (QED) is 0.307. The van der Waals surface area contributed by atoms with E-state index in [1.54, 1.807) is 6.07 Å². The Balaban J connectivity index is 1.62. The number of alkyl halides is 3. The number of nitrogens with two attached hydrogens (primary N) is 1. The molecule has 162 valence electrons. The molecule has 1 aromatic heterocycles. The zero-order chi connectivity index (χ0) is 22.6. The maximum absolute atomic E-state index is 12.6. The van der Waals surface area contributed by atoms with Crippen molar-refractivity contribution in [2.75, 3.05) is 11.1 Å². The highest BCUT2D eigenvalue weighted by Gasteiger charge is 2.30. The van der Waals surface area contributed by atoms with Gasteiger partial charge in [-0.3, -0.25) is 4.79 Å². The summed E-state index contributed by atoms with van der Waals surface area (Å²) in [4.78, 5) is 20.5. The number of hydrogen-bond donors (Lipinski definition) is 2. The molecule has 3 aromatic rings. The lowest BCUT2D eigenvalue weighted by molar-refractivity contribution is -0.137. The van der Waals surface area contributed by atoms with E-state index in [1.807, 2.05) is 0 Å². The van der Waals surface area contributed by atoms with Crippen LogP contribution in [0.25, 0.3) is 0 Å². The van der Waals surface area contributed by atoms with Crippen LogP contribution < -0.4 is 10.5 Å². The van der Waals surface area contributed by atoms with Crippen molar-refractivity contribution >= 4 is 39.1 Å². The molecule has 0 aliphatic rings. The molecule has 0 fully saturated rings. The summed E-state index contributed by atoms with van der Waals surface area (Å²) in [6, 6.07) is 11.3. The lowest BCUT2D eigenvalue weighted by Crippen LogP contribution is -2.11. The maximum Gasteiger partial charge on any atom is 0.416 e. The SMILES string of the molecule is NS(=O)(=O)c1ccc(Nc2ccnc(SCC(=O)c3ccc(C(F)(F)F)cc3)n2)cc1. The smallest absolute Gasteiger partial charge is 0.340 e. The molecule has 12 heteroatoms. The molecule has 0 bridgehead atoms. The van der Waals surface area contributed by atoms with Crippen molar-refractivity contribution in [3.63, 3.8) is 0 Å². The minimum Gasteiger partial charge on any atom is -0.340 e. The lowest BCUT2D eigenvalue weighted by atomic mass is 10.1. The average Bonchev–Trinajstić information content (AvgIpc) is 2.71. The summed E-state index contributed by atoms with van der Waals surface area (Å²) < 4.78 is 60.4. The molecule has 0 aliphatic heterocycles. The molecule has 0 atom stereocenters. The Morgan fingerprint density at radius 2 is 1.68 bits per heavy atom. The fourth-order valence-corrected chi connectivity index (χ4v) is 3.65. The van der Waals surface area contributed by atoms with Gasteiger partial charge in [-0.2, -0.15) is 13.2 Å². The number of thioether (sulfide) groups is 1. The Hall–Kier alpha value is -2.96. The molecule has 0 unspecified atom stereocenters. The van der Waals surface area contributed by atoms with Crippen molar-refractivity contribution in [1.29, 1.82) is 0 Å². The number of carbonyl (C=O) groups excluding carboxylic acids is 1. The van der Waals surface area contributed by atoms with Crippen molar-refractivity contribution < 1.29 is 26.4 Å². The van der Waals surface area contributed by atoms with Crippen LogP contribution in [0.4, 0.5) is 24.7 Å². The van der Waals surface area contributed by atoms with Gasteiger partial charge in [-0.05, 0) is 42.5 Å². The molecule has 3 rings (SSSR count). The largest absolute Gasteiger partial charge is 0.416 e. The van der Waals surface area contributed by atoms with Gasteiger partial charge >= 0.3 is 6.18 Å². The first kappa shape index (κ1) is 22.7. The predicted octanol–water partition coefficient (Wildman–Crippen LogP) is 3.86. The number of carbonyl (C=O) groups is 1. The van der Waals surface area contributed by atoms with Crippen molar-refractivity contribution in [1.82, 2.24) is 9.97 Å². The van der Waals surface area contributed by atoms with Crippen LogP contribution in [0.1, 0.15) is 15.9 Å². The van der Waals surface area contributed by atoms with Gasteiger partial charge in [0.25, 0.3) is 0 Å². The molecule has 0 radical (unpaired) electrons. The van der Waals surface area contributed by atoms with Crippen LogP contribution in [0.15, 0.2) is 70.8 Å². The van der Waals surface area contributed by atoms with Crippen LogP contribution in [-0.2, 0) is 16.2 Å². The molecule has 2 aromatic carbocycles. The number of primary sulfonamides is 1. The van der Waals surface area contributed by atoms with Gasteiger partial charge in [-0.1, -0.05) is 23.9 Å². The van der Waals surface area contributed by atoms with E-state index in [-0.39, 0.29) is 27.2 Å². The third kappa shape index (κ3) is 6.26. The number of Topliss-reactive ketones (excluding diaryl/α,β-unsaturated/α-hetero) is 1. The number of benzene rings is 2. The van der Waals surface area contributed by atoms with E-state index in [0.29, 0.717) is 11.5 Å². The molecule has 0 saturated heterocycles. The second kappa shape index (κ2) is 9.04. The summed E-state index contributed by atoms with van der Waals surface area (Å²) in [6.07, 6.45) is -2.99. The van der Waals surface area contributed by atoms with Crippen molar-refractivity contribution in [2.45, 2.75) is 16.2 Å². The number of ketones is 1. The molecule has 0 aliphatic carbocycles. The molecular formula is C19H15F3N4O3S2. The van der Waals surface area contributed by atoms with E-state index in [9.17, 15) is 26.4 Å². The number of nitrogens with zero attached hydrogens (tertiary/aromatic N) is 2. The van der Waals surface area contributed by atoms with Gasteiger partial charge in [-0.15, -0.1) is 0 Å². The van der Waals surface area contributed by atoms with E-state index in [2.05, 4.69) is 15.3 Å². The van der Waals surface area contributed by atoms with Gasteiger partial charge < -0.3 is 5.32 Å². The van der Waals surface area contributed by atoms with Gasteiger partial charge in [0.2, 0.25) is 10.0 Å². The third-order valence-electron chi connectivity index (χ3n) is 3.96. The number of rotatable bonds is 7. The van der Waals surface area contributed by atoms with Gasteiger partial charge in [0.15, 0.2) is 10.9 Å². The molecule has 7 nitrogen and oxygen atoms in total. The zero-order valence-corrected chi connectivity index (χ0v) is 17.3. The second-order valence-electron chi connectivity index (χ2n) is 6.21. The molecule has 31 heavy (non-hydrogen) atoms. The Labute approximate surface area is 180 Å². The molecular weight excluding hydrogens is 453 g/mol. The van der Waals surface area contributed by atoms with E-state index in [0.717, 1.165) is 36.0 Å². The first-order valence-corrected chi connectivity index (χ1v) is 11.1. The molecule has 0 spiro atoms. The first-order valence-electron chi connectivity index (χ1n) is 8.58. The normalized spacial score (nSPS) is 11.9. The highest BCUT2D eigenvalue weighted by Crippen LogP contribution is 2.29. The number of nitrogens with one attached hydrogen (secondary N) is 1. The van der Waals surface area contributed by atoms with Crippen molar-refractivity contribution in [3.8, 4) is 0 Å². The number of anilines is 2. The fraction of sp³-hybridized carbons (Fsp3) is 0.105. The Morgan fingerprint density at radius 1 is 1.03 bits per heavy atom. The van der Waals surface area contributed by atoms with Gasteiger partial charge in [-0.25, -0.2) is 23.5 Å². The number of hydrogen-bond acceptors (Lipinski definition) is 7. The average molecular weight is 468 g/mol.